The number of amides is 1. The molecule has 1 aromatic heterocycles. The van der Waals surface area contributed by atoms with Gasteiger partial charge in [-0.05, 0) is 54.7 Å². The molecule has 9 nitrogen and oxygen atoms in total. The molecule has 1 aliphatic heterocycles. The van der Waals surface area contributed by atoms with Gasteiger partial charge >= 0.3 is 12.1 Å². The largest absolute Gasteiger partial charge is 0.493 e. The second-order valence-electron chi connectivity index (χ2n) is 8.95. The number of carboxylic acid groups (broad SMARTS) is 1. The summed E-state index contributed by atoms with van der Waals surface area (Å²) in [5.41, 5.74) is 2.57. The first-order chi connectivity index (χ1) is 17.4. The van der Waals surface area contributed by atoms with E-state index in [1.165, 1.54) is 4.90 Å². The third-order valence-electron chi connectivity index (χ3n) is 5.96. The Balaban J connectivity index is 1.27. The molecule has 2 heterocycles. The van der Waals surface area contributed by atoms with Crippen LogP contribution >= 0.6 is 0 Å². The summed E-state index contributed by atoms with van der Waals surface area (Å²) in [5, 5.41) is 13.7. The molecule has 2 atom stereocenters. The van der Waals surface area contributed by atoms with E-state index < -0.39 is 18.0 Å². The molecule has 36 heavy (non-hydrogen) atoms. The number of hydrogen-bond donors (Lipinski definition) is 1. The Kier molecular flexibility index (Phi) is 7.99. The summed E-state index contributed by atoms with van der Waals surface area (Å²) < 4.78 is 16.3. The van der Waals surface area contributed by atoms with Gasteiger partial charge in [0.1, 0.15) is 12.4 Å². The molecule has 1 fully saturated rings. The van der Waals surface area contributed by atoms with Crippen LogP contribution in [0.5, 0.6) is 5.75 Å². The average molecular weight is 492 g/mol. The van der Waals surface area contributed by atoms with Gasteiger partial charge < -0.3 is 24.0 Å². The standard InChI is InChI=1S/C27H29N3O6/c1-18(2)17-35-27(33)30-15-21(23(16-30)26(31)32)14-19-8-10-22(11-9-19)34-13-12-24-28-25(36-29-24)20-6-4-3-5-7-20/h3-11,21,23H,1,12-17H2,2H3,(H,31,32)/t21-,23+/m1/s1. The predicted molar refractivity (Wildman–Crippen MR) is 131 cm³/mol. The molecule has 0 aliphatic carbocycles. The Labute approximate surface area is 209 Å². The van der Waals surface area contributed by atoms with Gasteiger partial charge in [0.05, 0.1) is 12.5 Å². The van der Waals surface area contributed by atoms with Gasteiger partial charge in [-0.3, -0.25) is 4.79 Å². The van der Waals surface area contributed by atoms with Crippen molar-refractivity contribution in [3.63, 3.8) is 0 Å². The number of nitrogens with zero attached hydrogens (tertiary/aromatic N) is 3. The molecule has 3 aromatic rings. The van der Waals surface area contributed by atoms with E-state index in [4.69, 9.17) is 14.0 Å². The summed E-state index contributed by atoms with van der Waals surface area (Å²) in [6.45, 7) is 6.46. The first-order valence-corrected chi connectivity index (χ1v) is 11.8. The molecule has 0 radical (unpaired) electrons. The van der Waals surface area contributed by atoms with Crippen molar-refractivity contribution in [2.24, 2.45) is 11.8 Å². The zero-order chi connectivity index (χ0) is 25.5. The van der Waals surface area contributed by atoms with E-state index in [2.05, 4.69) is 16.7 Å². The second-order valence-corrected chi connectivity index (χ2v) is 8.95. The predicted octanol–water partition coefficient (Wildman–Crippen LogP) is 4.25. The van der Waals surface area contributed by atoms with E-state index in [0.717, 1.165) is 16.7 Å². The molecule has 1 aliphatic rings. The van der Waals surface area contributed by atoms with Crippen LogP contribution in [0.1, 0.15) is 18.3 Å². The van der Waals surface area contributed by atoms with Gasteiger partial charge in [-0.2, -0.15) is 4.98 Å². The maximum atomic E-state index is 12.3. The van der Waals surface area contributed by atoms with Crippen molar-refractivity contribution in [3.05, 3.63) is 78.1 Å². The maximum absolute atomic E-state index is 12.3. The molecular formula is C27H29N3O6. The van der Waals surface area contributed by atoms with E-state index in [9.17, 15) is 14.7 Å². The van der Waals surface area contributed by atoms with Crippen molar-refractivity contribution in [2.45, 2.75) is 19.8 Å². The fraction of sp³-hybridized carbons (Fsp3) is 0.333. The number of ether oxygens (including phenoxy) is 2. The first kappa shape index (κ1) is 25.0. The van der Waals surface area contributed by atoms with Crippen molar-refractivity contribution in [1.82, 2.24) is 15.0 Å². The Hall–Kier alpha value is -4.14. The van der Waals surface area contributed by atoms with Crippen LogP contribution in [-0.4, -0.2) is 58.5 Å². The lowest BCUT2D eigenvalue weighted by Gasteiger charge is -2.16. The number of aromatic nitrogens is 2. The Morgan fingerprint density at radius 2 is 1.89 bits per heavy atom. The normalized spacial score (nSPS) is 17.1. The van der Waals surface area contributed by atoms with Crippen LogP contribution in [0.4, 0.5) is 4.79 Å². The summed E-state index contributed by atoms with van der Waals surface area (Å²) >= 11 is 0. The Bertz CT molecular complexity index is 1190. The van der Waals surface area contributed by atoms with Gasteiger partial charge in [-0.15, -0.1) is 0 Å². The molecule has 2 aromatic carbocycles. The van der Waals surface area contributed by atoms with E-state index in [1.807, 2.05) is 54.6 Å². The molecule has 1 saturated heterocycles. The van der Waals surface area contributed by atoms with Crippen LogP contribution in [0.2, 0.25) is 0 Å². The summed E-state index contributed by atoms with van der Waals surface area (Å²) in [4.78, 5) is 29.9. The number of carboxylic acids is 1. The van der Waals surface area contributed by atoms with Gasteiger partial charge in [-0.25, -0.2) is 4.79 Å². The van der Waals surface area contributed by atoms with Crippen molar-refractivity contribution in [2.75, 3.05) is 26.3 Å². The van der Waals surface area contributed by atoms with Gasteiger partial charge in [0, 0.05) is 25.1 Å². The lowest BCUT2D eigenvalue weighted by atomic mass is 9.90. The molecular weight excluding hydrogens is 462 g/mol. The zero-order valence-corrected chi connectivity index (χ0v) is 20.1. The van der Waals surface area contributed by atoms with Gasteiger partial charge in [0.2, 0.25) is 0 Å². The number of aliphatic carboxylic acids is 1. The minimum absolute atomic E-state index is 0.125. The minimum Gasteiger partial charge on any atom is -0.493 e. The van der Waals surface area contributed by atoms with Crippen molar-refractivity contribution in [1.29, 1.82) is 0 Å². The molecule has 0 saturated carbocycles. The lowest BCUT2D eigenvalue weighted by molar-refractivity contribution is -0.142. The molecule has 1 amide bonds. The first-order valence-electron chi connectivity index (χ1n) is 11.8. The quantitative estimate of drug-likeness (QED) is 0.419. The second kappa shape index (κ2) is 11.5. The van der Waals surface area contributed by atoms with Crippen LogP contribution < -0.4 is 4.74 Å². The highest BCUT2D eigenvalue weighted by atomic mass is 16.6. The third kappa shape index (κ3) is 6.50. The summed E-state index contributed by atoms with van der Waals surface area (Å²) in [7, 11) is 0. The molecule has 9 heteroatoms. The highest BCUT2D eigenvalue weighted by molar-refractivity contribution is 5.74. The van der Waals surface area contributed by atoms with Crippen LogP contribution in [0.3, 0.4) is 0 Å². The number of benzene rings is 2. The van der Waals surface area contributed by atoms with Crippen LogP contribution in [0.15, 0.2) is 71.3 Å². The van der Waals surface area contributed by atoms with Gasteiger partial charge in [0.15, 0.2) is 5.82 Å². The number of rotatable bonds is 10. The number of hydrogen-bond acceptors (Lipinski definition) is 7. The van der Waals surface area contributed by atoms with E-state index in [0.29, 0.717) is 43.5 Å². The fourth-order valence-corrected chi connectivity index (χ4v) is 4.12. The molecule has 0 unspecified atom stereocenters. The van der Waals surface area contributed by atoms with Gasteiger partial charge in [0.25, 0.3) is 5.89 Å². The topological polar surface area (TPSA) is 115 Å². The van der Waals surface area contributed by atoms with E-state index in [1.54, 1.807) is 6.92 Å². The summed E-state index contributed by atoms with van der Waals surface area (Å²) in [6, 6.07) is 17.1. The monoisotopic (exact) mass is 491 g/mol. The van der Waals surface area contributed by atoms with Crippen molar-refractivity contribution >= 4 is 12.1 Å². The number of carbonyl (C=O) groups is 2. The smallest absolute Gasteiger partial charge is 0.410 e. The average Bonchev–Trinajstić information content (AvgIpc) is 3.52. The molecule has 0 spiro atoms. The summed E-state index contributed by atoms with van der Waals surface area (Å²) in [6.07, 6.45) is 0.526. The van der Waals surface area contributed by atoms with Crippen molar-refractivity contribution in [3.8, 4) is 17.2 Å². The lowest BCUT2D eigenvalue weighted by Crippen LogP contribution is -2.30. The zero-order valence-electron chi connectivity index (χ0n) is 20.1. The minimum atomic E-state index is -0.910. The molecule has 1 N–H and O–H groups in total. The number of likely N-dealkylation sites (tertiary alicyclic amines) is 1. The highest BCUT2D eigenvalue weighted by Crippen LogP contribution is 2.28. The fourth-order valence-electron chi connectivity index (χ4n) is 4.12. The molecule has 0 bridgehead atoms. The SMILES string of the molecule is C=C(C)COC(=O)N1C[C@@H](Cc2ccc(OCCc3noc(-c4ccccc4)n3)cc2)[C@@H](C(=O)O)C1. The Morgan fingerprint density at radius 1 is 1.14 bits per heavy atom. The van der Waals surface area contributed by atoms with Crippen molar-refractivity contribution < 1.29 is 28.7 Å². The number of carbonyl (C=O) groups excluding carboxylic acids is 1. The Morgan fingerprint density at radius 3 is 2.58 bits per heavy atom. The van der Waals surface area contributed by atoms with Crippen LogP contribution in [0.25, 0.3) is 11.5 Å². The van der Waals surface area contributed by atoms with Gasteiger partial charge in [-0.1, -0.05) is 42.1 Å². The van der Waals surface area contributed by atoms with E-state index in [-0.39, 0.29) is 19.1 Å². The van der Waals surface area contributed by atoms with E-state index >= 15 is 0 Å². The van der Waals surface area contributed by atoms with Crippen LogP contribution in [-0.2, 0) is 22.4 Å². The molecule has 188 valence electrons. The molecule has 4 rings (SSSR count). The third-order valence-corrected chi connectivity index (χ3v) is 5.96. The highest BCUT2D eigenvalue weighted by Gasteiger charge is 2.40. The maximum Gasteiger partial charge on any atom is 0.410 e. The van der Waals surface area contributed by atoms with Crippen LogP contribution in [0, 0.1) is 11.8 Å². The summed E-state index contributed by atoms with van der Waals surface area (Å²) in [5.74, 6) is -0.0246.